The van der Waals surface area contributed by atoms with Crippen molar-refractivity contribution in [2.45, 2.75) is 80.7 Å². The van der Waals surface area contributed by atoms with Crippen LogP contribution in [0.15, 0.2) is 0 Å². The Balaban J connectivity index is -0.000000516. The molecule has 2 aliphatic rings. The molecular weight excluding hydrogens is 615 g/mol. The van der Waals surface area contributed by atoms with E-state index in [4.69, 9.17) is 14.2 Å². The first-order chi connectivity index (χ1) is 16.3. The zero-order valence-electron chi connectivity index (χ0n) is 24.6. The Morgan fingerprint density at radius 1 is 0.861 bits per heavy atom. The average Bonchev–Trinajstić information content (AvgIpc) is 2.78. The Hall–Kier alpha value is 1.74. The first kappa shape index (κ1) is 39.9. The number of hydrogen-bond acceptors (Lipinski definition) is 10. The maximum atomic E-state index is 12.3. The number of thioether (sulfide) groups is 4. The molecule has 6 nitrogen and oxygen atoms in total. The molecule has 0 N–H and O–H groups in total. The molecular formula is C24H46BrNaO6S4. The van der Waals surface area contributed by atoms with Gasteiger partial charge in [0.25, 0.3) is 0 Å². The van der Waals surface area contributed by atoms with Crippen LogP contribution in [0.25, 0.3) is 0 Å². The second-order valence-electron chi connectivity index (χ2n) is 9.69. The van der Waals surface area contributed by atoms with Gasteiger partial charge in [-0.1, -0.05) is 15.9 Å². The average molecular weight is 662 g/mol. The molecule has 0 aromatic heterocycles. The molecule has 2 rings (SSSR count). The molecule has 12 heteroatoms. The molecule has 0 aromatic rings. The van der Waals surface area contributed by atoms with E-state index in [-0.39, 0.29) is 53.1 Å². The molecule has 0 atom stereocenters. The van der Waals surface area contributed by atoms with Gasteiger partial charge in [-0.05, 0) is 77.4 Å². The standard InChI is InChI=1S/C12H22O3S2.C9H16O2S2.C3H7BrO.Na.H/c1-11(2,3)15-10(13)12(6-7-14-4)16-8-5-9-17-12;1-9(2,3)11-7(10)8-12-5-4-6-13-8;1-5-3-2-4;;/h5-9H2,1-4H3;8H,4-6H2,1-3H3;2-3H2,1H3;;/q;;;+1;-1. The van der Waals surface area contributed by atoms with E-state index in [0.717, 1.165) is 41.4 Å². The molecule has 210 valence electrons. The quantitative estimate of drug-likeness (QED) is 0.230. The summed E-state index contributed by atoms with van der Waals surface area (Å²) >= 11 is 10.0. The van der Waals surface area contributed by atoms with Crippen molar-refractivity contribution in [1.29, 1.82) is 0 Å². The van der Waals surface area contributed by atoms with Crippen molar-refractivity contribution in [1.82, 2.24) is 0 Å². The zero-order chi connectivity index (χ0) is 27.0. The van der Waals surface area contributed by atoms with Gasteiger partial charge >= 0.3 is 41.5 Å². The van der Waals surface area contributed by atoms with Crippen molar-refractivity contribution >= 4 is 74.9 Å². The number of carbonyl (C=O) groups is 2. The molecule has 0 bridgehead atoms. The van der Waals surface area contributed by atoms with Gasteiger partial charge in [0.1, 0.15) is 15.8 Å². The van der Waals surface area contributed by atoms with Crippen molar-refractivity contribution in [3.05, 3.63) is 0 Å². The second kappa shape index (κ2) is 21.5. The molecule has 0 saturated carbocycles. The molecule has 2 aliphatic heterocycles. The fourth-order valence-corrected chi connectivity index (χ4v) is 8.50. The van der Waals surface area contributed by atoms with Crippen LogP contribution in [-0.2, 0) is 28.5 Å². The van der Waals surface area contributed by atoms with Crippen LogP contribution in [0.1, 0.15) is 62.2 Å². The maximum absolute atomic E-state index is 12.3. The first-order valence-electron chi connectivity index (χ1n) is 11.8. The van der Waals surface area contributed by atoms with E-state index in [0.29, 0.717) is 13.0 Å². The van der Waals surface area contributed by atoms with E-state index in [1.54, 1.807) is 61.3 Å². The molecule has 0 radical (unpaired) electrons. The van der Waals surface area contributed by atoms with Crippen LogP contribution in [0.3, 0.4) is 0 Å². The minimum Gasteiger partial charge on any atom is -1.00 e. The third-order valence-corrected chi connectivity index (χ3v) is 10.6. The smallest absolute Gasteiger partial charge is 1.00 e. The predicted molar refractivity (Wildman–Crippen MR) is 161 cm³/mol. The monoisotopic (exact) mass is 660 g/mol. The molecule has 0 aliphatic carbocycles. The number of esters is 2. The van der Waals surface area contributed by atoms with Gasteiger partial charge in [0.15, 0.2) is 4.08 Å². The van der Waals surface area contributed by atoms with Crippen molar-refractivity contribution in [2.75, 3.05) is 55.8 Å². The fraction of sp³-hybridized carbons (Fsp3) is 0.917. The summed E-state index contributed by atoms with van der Waals surface area (Å²) in [6.45, 7) is 12.8. The third kappa shape index (κ3) is 19.7. The summed E-state index contributed by atoms with van der Waals surface area (Å²) in [5.74, 6) is 4.04. The normalized spacial score (nSPS) is 17.8. The molecule has 0 amide bonds. The Labute approximate surface area is 268 Å². The second-order valence-corrected chi connectivity index (χ2v) is 16.3. The fourth-order valence-electron chi connectivity index (χ4n) is 2.58. The van der Waals surface area contributed by atoms with Gasteiger partial charge in [0.2, 0.25) is 0 Å². The Bertz CT molecular complexity index is 595. The zero-order valence-corrected chi connectivity index (χ0v) is 30.5. The number of carbonyl (C=O) groups excluding carboxylic acids is 2. The van der Waals surface area contributed by atoms with Crippen LogP contribution in [0.4, 0.5) is 0 Å². The summed E-state index contributed by atoms with van der Waals surface area (Å²) in [6, 6.07) is 0. The van der Waals surface area contributed by atoms with E-state index in [1.165, 1.54) is 6.42 Å². The van der Waals surface area contributed by atoms with E-state index >= 15 is 0 Å². The van der Waals surface area contributed by atoms with E-state index in [1.807, 2.05) is 41.5 Å². The summed E-state index contributed by atoms with van der Waals surface area (Å²) in [6.07, 6.45) is 3.08. The van der Waals surface area contributed by atoms with Gasteiger partial charge in [0.05, 0.1) is 6.61 Å². The summed E-state index contributed by atoms with van der Waals surface area (Å²) in [5, 5.41) is 0.934. The van der Waals surface area contributed by atoms with Gasteiger partial charge < -0.3 is 20.4 Å². The minimum atomic E-state index is -0.457. The number of rotatable bonds is 7. The van der Waals surface area contributed by atoms with E-state index in [2.05, 4.69) is 20.7 Å². The van der Waals surface area contributed by atoms with E-state index < -0.39 is 9.68 Å². The van der Waals surface area contributed by atoms with E-state index in [9.17, 15) is 9.59 Å². The van der Waals surface area contributed by atoms with Crippen molar-refractivity contribution in [3.63, 3.8) is 0 Å². The van der Waals surface area contributed by atoms with Crippen LogP contribution >= 0.6 is 63.0 Å². The summed E-state index contributed by atoms with van der Waals surface area (Å²) in [4.78, 5) is 23.9. The molecule has 0 spiro atoms. The van der Waals surface area contributed by atoms with Crippen LogP contribution in [0, 0.1) is 0 Å². The van der Waals surface area contributed by atoms with Crippen LogP contribution in [0.2, 0.25) is 0 Å². The summed E-state index contributed by atoms with van der Waals surface area (Å²) in [7, 11) is 3.35. The molecule has 36 heavy (non-hydrogen) atoms. The van der Waals surface area contributed by atoms with Gasteiger partial charge in [-0.15, -0.1) is 47.0 Å². The number of ether oxygens (including phenoxy) is 4. The Morgan fingerprint density at radius 3 is 1.72 bits per heavy atom. The van der Waals surface area contributed by atoms with Gasteiger partial charge in [-0.3, -0.25) is 0 Å². The Kier molecular flexibility index (Phi) is 23.8. The minimum absolute atomic E-state index is 0. The SMILES string of the molecule is CC(C)(C)OC(=O)C1SCCCS1.COCCBr.COCCC1(C(=O)OC(C)(C)C)SCCCS1.[H-].[Na+]. The van der Waals surface area contributed by atoms with Gasteiger partial charge in [0, 0.05) is 32.6 Å². The summed E-state index contributed by atoms with van der Waals surface area (Å²) in [5.41, 5.74) is -0.772. The topological polar surface area (TPSA) is 71.1 Å². The van der Waals surface area contributed by atoms with Crippen molar-refractivity contribution in [3.8, 4) is 0 Å². The van der Waals surface area contributed by atoms with Gasteiger partial charge in [-0.25, -0.2) is 9.59 Å². The molecule has 0 aromatic carbocycles. The number of methoxy groups -OCH3 is 2. The number of alkyl halides is 1. The number of halogens is 1. The van der Waals surface area contributed by atoms with Crippen LogP contribution in [0.5, 0.6) is 0 Å². The maximum Gasteiger partial charge on any atom is 1.00 e. The first-order valence-corrected chi connectivity index (χ1v) is 17.0. The third-order valence-electron chi connectivity index (χ3n) is 4.01. The van der Waals surface area contributed by atoms with Gasteiger partial charge in [-0.2, -0.15) is 0 Å². The molecule has 2 fully saturated rings. The van der Waals surface area contributed by atoms with Crippen LogP contribution < -0.4 is 29.6 Å². The van der Waals surface area contributed by atoms with Crippen molar-refractivity contribution in [2.24, 2.45) is 0 Å². The predicted octanol–water partition coefficient (Wildman–Crippen LogP) is 3.60. The van der Waals surface area contributed by atoms with Crippen LogP contribution in [-0.4, -0.2) is 87.6 Å². The molecule has 2 saturated heterocycles. The summed E-state index contributed by atoms with van der Waals surface area (Å²) < 4.78 is 20.1. The number of hydrogen-bond donors (Lipinski definition) is 0. The molecule has 0 unspecified atom stereocenters. The van der Waals surface area contributed by atoms with Crippen molar-refractivity contribution < 1.29 is 59.5 Å². The molecule has 2 heterocycles. The largest absolute Gasteiger partial charge is 1.00 e. The Morgan fingerprint density at radius 2 is 1.33 bits per heavy atom.